The fraction of sp³-hybridized carbons (Fsp3) is 0.533. The van der Waals surface area contributed by atoms with Crippen LogP contribution in [-0.4, -0.2) is 42.2 Å². The van der Waals surface area contributed by atoms with E-state index >= 15 is 0 Å². The molecule has 4 nitrogen and oxygen atoms in total. The molecule has 0 saturated heterocycles. The fourth-order valence-corrected chi connectivity index (χ4v) is 2.83. The van der Waals surface area contributed by atoms with Gasteiger partial charge in [-0.25, -0.2) is 0 Å². The average molecular weight is 343 g/mol. The van der Waals surface area contributed by atoms with E-state index in [9.17, 15) is 9.90 Å². The van der Waals surface area contributed by atoms with Crippen molar-refractivity contribution in [2.45, 2.75) is 26.8 Å². The predicted molar refractivity (Wildman–Crippen MR) is 85.0 cm³/mol. The number of hydrogen-bond acceptors (Lipinski definition) is 3. The topological polar surface area (TPSA) is 52.6 Å². The van der Waals surface area contributed by atoms with Crippen molar-refractivity contribution >= 4 is 21.9 Å². The number of aliphatic carboxylic acids is 1. The summed E-state index contributed by atoms with van der Waals surface area (Å²) in [6.07, 6.45) is 0. The molecule has 1 atom stereocenters. The number of halogens is 1. The van der Waals surface area contributed by atoms with Crippen molar-refractivity contribution in [3.63, 3.8) is 0 Å². The Morgan fingerprint density at radius 1 is 1.40 bits per heavy atom. The number of aryl methyl sites for hydroxylation is 1. The first-order chi connectivity index (χ1) is 9.49. The maximum Gasteiger partial charge on any atom is 0.325 e. The summed E-state index contributed by atoms with van der Waals surface area (Å²) in [5.41, 5.74) is 1.87. The van der Waals surface area contributed by atoms with Crippen molar-refractivity contribution in [1.29, 1.82) is 0 Å². The highest BCUT2D eigenvalue weighted by Crippen LogP contribution is 2.24. The normalized spacial score (nSPS) is 12.7. The van der Waals surface area contributed by atoms with Crippen molar-refractivity contribution in [3.8, 4) is 0 Å². The lowest BCUT2D eigenvalue weighted by atomic mass is 10.1. The van der Waals surface area contributed by atoms with E-state index < -0.39 is 12.0 Å². The van der Waals surface area contributed by atoms with Gasteiger partial charge in [0.05, 0.1) is 0 Å². The van der Waals surface area contributed by atoms with Gasteiger partial charge in [-0.05, 0) is 37.2 Å². The molecule has 0 saturated carbocycles. The van der Waals surface area contributed by atoms with Crippen molar-refractivity contribution in [1.82, 2.24) is 10.2 Å². The molecule has 1 rings (SSSR count). The highest BCUT2D eigenvalue weighted by atomic mass is 79.9. The Bertz CT molecular complexity index is 447. The Kier molecular flexibility index (Phi) is 7.19. The summed E-state index contributed by atoms with van der Waals surface area (Å²) in [6, 6.07) is 5.06. The van der Waals surface area contributed by atoms with E-state index in [1.54, 1.807) is 0 Å². The minimum absolute atomic E-state index is 0.652. The SMILES string of the molecule is CCN(CC)CCNC(C(=O)O)c1ccc(C)cc1Br. The van der Waals surface area contributed by atoms with Crippen LogP contribution in [0.3, 0.4) is 0 Å². The third-order valence-corrected chi connectivity index (χ3v) is 4.07. The number of carboxylic acid groups (broad SMARTS) is 1. The summed E-state index contributed by atoms with van der Waals surface area (Å²) in [7, 11) is 0. The predicted octanol–water partition coefficient (Wildman–Crippen LogP) is 2.81. The van der Waals surface area contributed by atoms with Gasteiger partial charge in [0.2, 0.25) is 0 Å². The Balaban J connectivity index is 2.72. The fourth-order valence-electron chi connectivity index (χ4n) is 2.10. The van der Waals surface area contributed by atoms with Gasteiger partial charge in [0, 0.05) is 17.6 Å². The van der Waals surface area contributed by atoms with Crippen LogP contribution in [0.2, 0.25) is 0 Å². The van der Waals surface area contributed by atoms with Crippen LogP contribution in [0.4, 0.5) is 0 Å². The summed E-state index contributed by atoms with van der Waals surface area (Å²) in [4.78, 5) is 13.7. The second kappa shape index (κ2) is 8.39. The van der Waals surface area contributed by atoms with Crippen LogP contribution < -0.4 is 5.32 Å². The third kappa shape index (κ3) is 4.89. The number of nitrogens with one attached hydrogen (secondary N) is 1. The molecule has 0 heterocycles. The Hall–Kier alpha value is -0.910. The van der Waals surface area contributed by atoms with E-state index in [4.69, 9.17) is 0 Å². The first-order valence-electron chi connectivity index (χ1n) is 6.94. The van der Waals surface area contributed by atoms with Crippen molar-refractivity contribution in [2.75, 3.05) is 26.2 Å². The number of carbonyl (C=O) groups is 1. The van der Waals surface area contributed by atoms with Crippen LogP contribution >= 0.6 is 15.9 Å². The molecule has 0 aromatic heterocycles. The molecule has 0 spiro atoms. The monoisotopic (exact) mass is 342 g/mol. The molecule has 1 aromatic carbocycles. The number of rotatable bonds is 8. The first-order valence-corrected chi connectivity index (χ1v) is 7.73. The summed E-state index contributed by atoms with van der Waals surface area (Å²) >= 11 is 3.45. The van der Waals surface area contributed by atoms with Crippen molar-refractivity contribution in [2.24, 2.45) is 0 Å². The van der Waals surface area contributed by atoms with Gasteiger partial charge in [-0.2, -0.15) is 0 Å². The third-order valence-electron chi connectivity index (χ3n) is 3.38. The molecule has 1 aromatic rings. The Labute approximate surface area is 129 Å². The van der Waals surface area contributed by atoms with E-state index in [1.807, 2.05) is 25.1 Å². The molecule has 0 bridgehead atoms. The van der Waals surface area contributed by atoms with Gasteiger partial charge in [0.1, 0.15) is 6.04 Å². The van der Waals surface area contributed by atoms with E-state index in [0.717, 1.165) is 35.2 Å². The number of hydrogen-bond donors (Lipinski definition) is 2. The number of carboxylic acids is 1. The molecule has 5 heteroatoms. The van der Waals surface area contributed by atoms with Gasteiger partial charge < -0.3 is 10.0 Å². The van der Waals surface area contributed by atoms with Gasteiger partial charge in [-0.15, -0.1) is 0 Å². The Morgan fingerprint density at radius 3 is 2.55 bits per heavy atom. The van der Waals surface area contributed by atoms with Gasteiger partial charge >= 0.3 is 5.97 Å². The number of likely N-dealkylation sites (N-methyl/N-ethyl adjacent to an activating group) is 1. The lowest BCUT2D eigenvalue weighted by Crippen LogP contribution is -2.36. The van der Waals surface area contributed by atoms with Crippen LogP contribution in [-0.2, 0) is 4.79 Å². The maximum atomic E-state index is 11.5. The molecule has 0 aliphatic heterocycles. The lowest BCUT2D eigenvalue weighted by Gasteiger charge is -2.21. The maximum absolute atomic E-state index is 11.5. The van der Waals surface area contributed by atoms with Gasteiger partial charge in [-0.3, -0.25) is 10.1 Å². The molecule has 1 unspecified atom stereocenters. The molecule has 0 aliphatic carbocycles. The molecule has 0 aliphatic rings. The average Bonchev–Trinajstić information content (AvgIpc) is 2.40. The molecule has 0 fully saturated rings. The van der Waals surface area contributed by atoms with Gasteiger partial charge in [0.15, 0.2) is 0 Å². The zero-order chi connectivity index (χ0) is 15.1. The van der Waals surface area contributed by atoms with E-state index in [-0.39, 0.29) is 0 Å². The molecule has 112 valence electrons. The smallest absolute Gasteiger partial charge is 0.325 e. The second-order valence-electron chi connectivity index (χ2n) is 4.78. The molecule has 0 amide bonds. The summed E-state index contributed by atoms with van der Waals surface area (Å²) < 4.78 is 0.834. The van der Waals surface area contributed by atoms with Crippen LogP contribution in [0.25, 0.3) is 0 Å². The van der Waals surface area contributed by atoms with Gasteiger partial charge in [-0.1, -0.05) is 41.9 Å². The summed E-state index contributed by atoms with van der Waals surface area (Å²) in [5.74, 6) is -0.853. The lowest BCUT2D eigenvalue weighted by molar-refractivity contribution is -0.139. The number of nitrogens with zero attached hydrogens (tertiary/aromatic N) is 1. The van der Waals surface area contributed by atoms with Crippen LogP contribution in [0.1, 0.15) is 31.0 Å². The van der Waals surface area contributed by atoms with Gasteiger partial charge in [0.25, 0.3) is 0 Å². The Morgan fingerprint density at radius 2 is 2.05 bits per heavy atom. The summed E-state index contributed by atoms with van der Waals surface area (Å²) in [6.45, 7) is 9.65. The van der Waals surface area contributed by atoms with Crippen molar-refractivity contribution < 1.29 is 9.90 Å². The van der Waals surface area contributed by atoms with E-state index in [0.29, 0.717) is 6.54 Å². The minimum Gasteiger partial charge on any atom is -0.480 e. The molecule has 2 N–H and O–H groups in total. The highest BCUT2D eigenvalue weighted by molar-refractivity contribution is 9.10. The molecule has 0 radical (unpaired) electrons. The summed E-state index contributed by atoms with van der Waals surface area (Å²) in [5, 5.41) is 12.5. The molecular weight excluding hydrogens is 320 g/mol. The highest BCUT2D eigenvalue weighted by Gasteiger charge is 2.21. The molecular formula is C15H23BrN2O2. The van der Waals surface area contributed by atoms with Crippen molar-refractivity contribution in [3.05, 3.63) is 33.8 Å². The van der Waals surface area contributed by atoms with Crippen LogP contribution in [0.5, 0.6) is 0 Å². The van der Waals surface area contributed by atoms with Crippen LogP contribution in [0.15, 0.2) is 22.7 Å². The molecule has 20 heavy (non-hydrogen) atoms. The minimum atomic E-state index is -0.853. The first kappa shape index (κ1) is 17.1. The standard InChI is InChI=1S/C15H23BrN2O2/c1-4-18(5-2)9-8-17-14(15(19)20)12-7-6-11(3)10-13(12)16/h6-7,10,14,17H,4-5,8-9H2,1-3H3,(H,19,20). The number of benzene rings is 1. The van der Waals surface area contributed by atoms with E-state index in [2.05, 4.69) is 40.0 Å². The van der Waals surface area contributed by atoms with E-state index in [1.165, 1.54) is 0 Å². The van der Waals surface area contributed by atoms with Crippen LogP contribution in [0, 0.1) is 6.92 Å². The zero-order valence-corrected chi connectivity index (χ0v) is 13.9. The quantitative estimate of drug-likeness (QED) is 0.762. The zero-order valence-electron chi connectivity index (χ0n) is 12.3. The second-order valence-corrected chi connectivity index (χ2v) is 5.63. The largest absolute Gasteiger partial charge is 0.480 e.